The summed E-state index contributed by atoms with van der Waals surface area (Å²) in [7, 11) is 1.59. The summed E-state index contributed by atoms with van der Waals surface area (Å²) >= 11 is 0. The zero-order valence-electron chi connectivity index (χ0n) is 11.5. The molecule has 0 aliphatic carbocycles. The first-order valence-corrected chi connectivity index (χ1v) is 6.89. The SMILES string of the molecule is COc1ccc2ncn(CC3CCCOC3)c(=O)c2c1. The molecule has 0 saturated carbocycles. The van der Waals surface area contributed by atoms with Crippen molar-refractivity contribution in [2.24, 2.45) is 5.92 Å². The Hall–Kier alpha value is -1.88. The Morgan fingerprint density at radius 1 is 1.50 bits per heavy atom. The summed E-state index contributed by atoms with van der Waals surface area (Å²) in [4.78, 5) is 16.8. The second kappa shape index (κ2) is 5.63. The zero-order valence-corrected chi connectivity index (χ0v) is 11.5. The molecule has 2 heterocycles. The third-order valence-corrected chi connectivity index (χ3v) is 3.74. The van der Waals surface area contributed by atoms with Gasteiger partial charge in [-0.05, 0) is 31.0 Å². The van der Waals surface area contributed by atoms with Crippen LogP contribution in [0, 0.1) is 5.92 Å². The van der Waals surface area contributed by atoms with Crippen molar-refractivity contribution in [2.45, 2.75) is 19.4 Å². The molecule has 1 aromatic carbocycles. The molecule has 5 nitrogen and oxygen atoms in total. The Kier molecular flexibility index (Phi) is 3.69. The van der Waals surface area contributed by atoms with Crippen LogP contribution in [0.4, 0.5) is 0 Å². The van der Waals surface area contributed by atoms with Crippen molar-refractivity contribution in [3.8, 4) is 5.75 Å². The van der Waals surface area contributed by atoms with Gasteiger partial charge in [0.1, 0.15) is 5.75 Å². The van der Waals surface area contributed by atoms with Crippen LogP contribution in [0.15, 0.2) is 29.3 Å². The largest absolute Gasteiger partial charge is 0.497 e. The van der Waals surface area contributed by atoms with Crippen molar-refractivity contribution >= 4 is 10.9 Å². The lowest BCUT2D eigenvalue weighted by Gasteiger charge is -2.22. The molecule has 1 unspecified atom stereocenters. The highest BCUT2D eigenvalue weighted by Gasteiger charge is 2.16. The molecule has 5 heteroatoms. The lowest BCUT2D eigenvalue weighted by molar-refractivity contribution is 0.0479. The Morgan fingerprint density at radius 2 is 2.40 bits per heavy atom. The van der Waals surface area contributed by atoms with Gasteiger partial charge < -0.3 is 9.47 Å². The fraction of sp³-hybridized carbons (Fsp3) is 0.467. The fourth-order valence-corrected chi connectivity index (χ4v) is 2.62. The average Bonchev–Trinajstić information content (AvgIpc) is 2.51. The molecule has 0 radical (unpaired) electrons. The number of ether oxygens (including phenoxy) is 2. The summed E-state index contributed by atoms with van der Waals surface area (Å²) in [5, 5.41) is 0.601. The molecule has 0 spiro atoms. The highest BCUT2D eigenvalue weighted by Crippen LogP contribution is 2.18. The van der Waals surface area contributed by atoms with Crippen LogP contribution in [-0.4, -0.2) is 29.9 Å². The molecule has 20 heavy (non-hydrogen) atoms. The molecule has 3 rings (SSSR count). The molecule has 1 aromatic heterocycles. The number of fused-ring (bicyclic) bond motifs is 1. The van der Waals surface area contributed by atoms with Gasteiger partial charge in [-0.1, -0.05) is 0 Å². The van der Waals surface area contributed by atoms with Crippen LogP contribution in [-0.2, 0) is 11.3 Å². The quantitative estimate of drug-likeness (QED) is 0.857. The number of nitrogens with zero attached hydrogens (tertiary/aromatic N) is 2. The van der Waals surface area contributed by atoms with Crippen molar-refractivity contribution < 1.29 is 9.47 Å². The Labute approximate surface area is 117 Å². The van der Waals surface area contributed by atoms with E-state index in [1.54, 1.807) is 24.1 Å². The maximum atomic E-state index is 12.5. The van der Waals surface area contributed by atoms with E-state index >= 15 is 0 Å². The van der Waals surface area contributed by atoms with Gasteiger partial charge in [-0.15, -0.1) is 0 Å². The van der Waals surface area contributed by atoms with Crippen LogP contribution in [0.5, 0.6) is 5.75 Å². The van der Waals surface area contributed by atoms with E-state index in [9.17, 15) is 4.79 Å². The van der Waals surface area contributed by atoms with Crippen LogP contribution in [0.2, 0.25) is 0 Å². The maximum absolute atomic E-state index is 12.5. The lowest BCUT2D eigenvalue weighted by atomic mass is 10.0. The fourth-order valence-electron chi connectivity index (χ4n) is 2.62. The summed E-state index contributed by atoms with van der Waals surface area (Å²) in [6.07, 6.45) is 3.79. The van der Waals surface area contributed by atoms with Gasteiger partial charge >= 0.3 is 0 Å². The van der Waals surface area contributed by atoms with E-state index in [4.69, 9.17) is 9.47 Å². The Morgan fingerprint density at radius 3 is 3.15 bits per heavy atom. The topological polar surface area (TPSA) is 53.4 Å². The first-order chi connectivity index (χ1) is 9.78. The van der Waals surface area contributed by atoms with Crippen molar-refractivity contribution in [1.29, 1.82) is 0 Å². The van der Waals surface area contributed by atoms with Crippen molar-refractivity contribution in [2.75, 3.05) is 20.3 Å². The molecule has 1 aliphatic heterocycles. The molecule has 2 aromatic rings. The van der Waals surface area contributed by atoms with E-state index in [-0.39, 0.29) is 5.56 Å². The maximum Gasteiger partial charge on any atom is 0.261 e. The number of methoxy groups -OCH3 is 1. The van der Waals surface area contributed by atoms with Gasteiger partial charge in [0.05, 0.1) is 30.9 Å². The smallest absolute Gasteiger partial charge is 0.261 e. The van der Waals surface area contributed by atoms with Gasteiger partial charge in [0, 0.05) is 19.1 Å². The first-order valence-electron chi connectivity index (χ1n) is 6.89. The van der Waals surface area contributed by atoms with Crippen LogP contribution in [0.25, 0.3) is 10.9 Å². The number of rotatable bonds is 3. The van der Waals surface area contributed by atoms with Crippen LogP contribution >= 0.6 is 0 Å². The third-order valence-electron chi connectivity index (χ3n) is 3.74. The first kappa shape index (κ1) is 13.1. The molecule has 0 amide bonds. The Bertz CT molecular complexity index is 660. The minimum atomic E-state index is -0.0144. The second-order valence-electron chi connectivity index (χ2n) is 5.17. The summed E-state index contributed by atoms with van der Waals surface area (Å²) < 4.78 is 12.3. The van der Waals surface area contributed by atoms with Crippen molar-refractivity contribution in [3.63, 3.8) is 0 Å². The monoisotopic (exact) mass is 274 g/mol. The van der Waals surface area contributed by atoms with Gasteiger partial charge in [0.15, 0.2) is 0 Å². The summed E-state index contributed by atoms with van der Waals surface area (Å²) in [6, 6.07) is 5.37. The van der Waals surface area contributed by atoms with Crippen LogP contribution in [0.1, 0.15) is 12.8 Å². The second-order valence-corrected chi connectivity index (χ2v) is 5.17. The molecular formula is C15H18N2O3. The van der Waals surface area contributed by atoms with E-state index in [0.717, 1.165) is 26.1 Å². The molecular weight excluding hydrogens is 256 g/mol. The summed E-state index contributed by atoms with van der Waals surface area (Å²) in [5.41, 5.74) is 0.686. The van der Waals surface area contributed by atoms with E-state index < -0.39 is 0 Å². The minimum Gasteiger partial charge on any atom is -0.497 e. The molecule has 1 fully saturated rings. The zero-order chi connectivity index (χ0) is 13.9. The lowest BCUT2D eigenvalue weighted by Crippen LogP contribution is -2.28. The highest BCUT2D eigenvalue weighted by atomic mass is 16.5. The Balaban J connectivity index is 1.95. The van der Waals surface area contributed by atoms with Crippen molar-refractivity contribution in [3.05, 3.63) is 34.9 Å². The van der Waals surface area contributed by atoms with Gasteiger partial charge in [-0.25, -0.2) is 4.98 Å². The molecule has 0 bridgehead atoms. The van der Waals surface area contributed by atoms with Gasteiger partial charge in [0.25, 0.3) is 5.56 Å². The number of benzene rings is 1. The third kappa shape index (κ3) is 2.54. The van der Waals surface area contributed by atoms with E-state index in [0.29, 0.717) is 29.1 Å². The van der Waals surface area contributed by atoms with Crippen LogP contribution in [0.3, 0.4) is 0 Å². The molecule has 0 N–H and O–H groups in total. The van der Waals surface area contributed by atoms with E-state index in [1.165, 1.54) is 0 Å². The predicted molar refractivity (Wildman–Crippen MR) is 76.1 cm³/mol. The molecule has 1 atom stereocenters. The minimum absolute atomic E-state index is 0.0144. The van der Waals surface area contributed by atoms with Crippen molar-refractivity contribution in [1.82, 2.24) is 9.55 Å². The van der Waals surface area contributed by atoms with Gasteiger partial charge in [0.2, 0.25) is 0 Å². The average molecular weight is 274 g/mol. The molecule has 106 valence electrons. The molecule has 1 saturated heterocycles. The summed E-state index contributed by atoms with van der Waals surface area (Å²) in [6.45, 7) is 2.22. The number of hydrogen-bond acceptors (Lipinski definition) is 4. The van der Waals surface area contributed by atoms with E-state index in [1.807, 2.05) is 12.1 Å². The van der Waals surface area contributed by atoms with E-state index in [2.05, 4.69) is 4.98 Å². The number of aromatic nitrogens is 2. The van der Waals surface area contributed by atoms with Gasteiger partial charge in [-0.3, -0.25) is 9.36 Å². The standard InChI is InChI=1S/C15H18N2O3/c1-19-12-4-5-14-13(7-12)15(18)17(10-16-14)8-11-3-2-6-20-9-11/h4-5,7,10-11H,2-3,6,8-9H2,1H3. The number of hydrogen-bond donors (Lipinski definition) is 0. The van der Waals surface area contributed by atoms with Crippen LogP contribution < -0.4 is 10.3 Å². The summed E-state index contributed by atoms with van der Waals surface area (Å²) in [5.74, 6) is 1.07. The molecule has 1 aliphatic rings. The predicted octanol–water partition coefficient (Wildman–Crippen LogP) is 1.83. The normalized spacial score (nSPS) is 19.1. The van der Waals surface area contributed by atoms with Gasteiger partial charge in [-0.2, -0.15) is 0 Å². The highest BCUT2D eigenvalue weighted by molar-refractivity contribution is 5.78.